The third kappa shape index (κ3) is 7.56. The summed E-state index contributed by atoms with van der Waals surface area (Å²) < 4.78 is 9.82. The van der Waals surface area contributed by atoms with Gasteiger partial charge in [-0.3, -0.25) is 14.5 Å². The van der Waals surface area contributed by atoms with Crippen molar-refractivity contribution in [1.82, 2.24) is 4.90 Å². The molecule has 1 aromatic carbocycles. The van der Waals surface area contributed by atoms with Gasteiger partial charge in [-0.25, -0.2) is 0 Å². The van der Waals surface area contributed by atoms with Crippen molar-refractivity contribution in [3.63, 3.8) is 0 Å². The van der Waals surface area contributed by atoms with Crippen LogP contribution in [0.2, 0.25) is 0 Å². The van der Waals surface area contributed by atoms with Crippen molar-refractivity contribution in [1.29, 1.82) is 5.26 Å². The monoisotopic (exact) mass is 330 g/mol. The molecule has 0 aliphatic rings. The zero-order valence-electron chi connectivity index (χ0n) is 14.0. The van der Waals surface area contributed by atoms with Crippen LogP contribution in [0.4, 0.5) is 0 Å². The topological polar surface area (TPSA) is 79.6 Å². The molecule has 0 aliphatic heterocycles. The predicted octanol–water partition coefficient (Wildman–Crippen LogP) is 2.02. The Bertz CT molecular complexity index is 585. The first kappa shape index (κ1) is 19.4. The fourth-order valence-electron chi connectivity index (χ4n) is 2.05. The fourth-order valence-corrected chi connectivity index (χ4v) is 2.05. The van der Waals surface area contributed by atoms with Gasteiger partial charge in [0, 0.05) is 12.1 Å². The first-order valence-corrected chi connectivity index (χ1v) is 7.78. The number of hydrogen-bond acceptors (Lipinski definition) is 6. The van der Waals surface area contributed by atoms with Gasteiger partial charge >= 0.3 is 11.9 Å². The lowest BCUT2D eigenvalue weighted by atomic mass is 10.1. The SMILES string of the molecule is CCOC(=O)CN(CC(=O)OCC)C/C(C#N)=C/c1ccccc1. The van der Waals surface area contributed by atoms with Gasteiger partial charge in [-0.15, -0.1) is 0 Å². The number of nitrogens with zero attached hydrogens (tertiary/aromatic N) is 2. The molecule has 0 atom stereocenters. The maximum absolute atomic E-state index is 11.7. The summed E-state index contributed by atoms with van der Waals surface area (Å²) >= 11 is 0. The highest BCUT2D eigenvalue weighted by Crippen LogP contribution is 2.08. The number of nitriles is 1. The Hall–Kier alpha value is -2.65. The number of carbonyl (C=O) groups is 2. The summed E-state index contributed by atoms with van der Waals surface area (Å²) in [5, 5.41) is 9.33. The molecule has 1 rings (SSSR count). The molecule has 0 saturated carbocycles. The molecule has 0 spiro atoms. The largest absolute Gasteiger partial charge is 0.465 e. The molecule has 24 heavy (non-hydrogen) atoms. The van der Waals surface area contributed by atoms with E-state index < -0.39 is 11.9 Å². The second kappa shape index (κ2) is 11.0. The molecule has 0 amide bonds. The highest BCUT2D eigenvalue weighted by molar-refractivity contribution is 5.75. The summed E-state index contributed by atoms with van der Waals surface area (Å²) in [5.41, 5.74) is 1.32. The Labute approximate surface area is 142 Å². The van der Waals surface area contributed by atoms with E-state index in [2.05, 4.69) is 6.07 Å². The zero-order valence-corrected chi connectivity index (χ0v) is 14.0. The molecule has 0 bridgehead atoms. The van der Waals surface area contributed by atoms with Crippen LogP contribution in [0.15, 0.2) is 35.9 Å². The molecule has 6 heteroatoms. The van der Waals surface area contributed by atoms with Crippen LogP contribution in [-0.4, -0.2) is 49.7 Å². The van der Waals surface area contributed by atoms with E-state index in [0.29, 0.717) is 5.57 Å². The van der Waals surface area contributed by atoms with E-state index in [1.807, 2.05) is 30.3 Å². The van der Waals surface area contributed by atoms with Gasteiger partial charge in [0.15, 0.2) is 0 Å². The van der Waals surface area contributed by atoms with Crippen LogP contribution < -0.4 is 0 Å². The summed E-state index contributed by atoms with van der Waals surface area (Å²) in [6.07, 6.45) is 1.73. The zero-order chi connectivity index (χ0) is 17.8. The number of ether oxygens (including phenoxy) is 2. The predicted molar refractivity (Wildman–Crippen MR) is 89.7 cm³/mol. The Kier molecular flexibility index (Phi) is 8.87. The van der Waals surface area contributed by atoms with Gasteiger partial charge < -0.3 is 9.47 Å². The highest BCUT2D eigenvalue weighted by Gasteiger charge is 2.17. The normalized spacial score (nSPS) is 11.0. The maximum Gasteiger partial charge on any atom is 0.320 e. The quantitative estimate of drug-likeness (QED) is 0.509. The lowest BCUT2D eigenvalue weighted by molar-refractivity contribution is -0.147. The lowest BCUT2D eigenvalue weighted by Crippen LogP contribution is -2.37. The summed E-state index contributed by atoms with van der Waals surface area (Å²) in [7, 11) is 0. The maximum atomic E-state index is 11.7. The lowest BCUT2D eigenvalue weighted by Gasteiger charge is -2.19. The average molecular weight is 330 g/mol. The third-order valence-electron chi connectivity index (χ3n) is 2.99. The summed E-state index contributed by atoms with van der Waals surface area (Å²) in [4.78, 5) is 24.9. The van der Waals surface area contributed by atoms with Crippen molar-refractivity contribution in [3.8, 4) is 6.07 Å². The molecule has 0 N–H and O–H groups in total. The smallest absolute Gasteiger partial charge is 0.320 e. The Morgan fingerprint density at radius 1 is 1.04 bits per heavy atom. The van der Waals surface area contributed by atoms with Crippen LogP contribution >= 0.6 is 0 Å². The average Bonchev–Trinajstić information content (AvgIpc) is 2.55. The molecule has 6 nitrogen and oxygen atoms in total. The van der Waals surface area contributed by atoms with E-state index in [-0.39, 0.29) is 32.8 Å². The number of rotatable bonds is 9. The molecule has 128 valence electrons. The molecular weight excluding hydrogens is 308 g/mol. The van der Waals surface area contributed by atoms with Gasteiger partial charge in [0.25, 0.3) is 0 Å². The van der Waals surface area contributed by atoms with Crippen molar-refractivity contribution in [2.24, 2.45) is 0 Å². The van der Waals surface area contributed by atoms with Crippen LogP contribution in [0.1, 0.15) is 19.4 Å². The van der Waals surface area contributed by atoms with Crippen LogP contribution in [0.25, 0.3) is 6.08 Å². The van der Waals surface area contributed by atoms with Gasteiger partial charge in [-0.2, -0.15) is 5.26 Å². The van der Waals surface area contributed by atoms with E-state index in [1.54, 1.807) is 19.9 Å². The minimum Gasteiger partial charge on any atom is -0.465 e. The Morgan fingerprint density at radius 2 is 1.58 bits per heavy atom. The van der Waals surface area contributed by atoms with Crippen molar-refractivity contribution in [2.75, 3.05) is 32.8 Å². The van der Waals surface area contributed by atoms with Gasteiger partial charge in [0.2, 0.25) is 0 Å². The first-order valence-electron chi connectivity index (χ1n) is 7.78. The number of esters is 2. The number of benzene rings is 1. The summed E-state index contributed by atoms with van der Waals surface area (Å²) in [5.74, 6) is -0.891. The van der Waals surface area contributed by atoms with Gasteiger partial charge in [0.05, 0.1) is 32.4 Å². The fraction of sp³-hybridized carbons (Fsp3) is 0.389. The Morgan fingerprint density at radius 3 is 2.04 bits per heavy atom. The summed E-state index contributed by atoms with van der Waals surface area (Å²) in [6.45, 7) is 3.94. The molecule has 0 aromatic heterocycles. The molecule has 0 fully saturated rings. The van der Waals surface area contributed by atoms with Crippen molar-refractivity contribution < 1.29 is 19.1 Å². The van der Waals surface area contributed by atoms with Gasteiger partial charge in [-0.1, -0.05) is 30.3 Å². The minimum absolute atomic E-state index is 0.0829. The molecule has 0 radical (unpaired) electrons. The van der Waals surface area contributed by atoms with Gasteiger partial charge in [0.1, 0.15) is 0 Å². The summed E-state index contributed by atoms with van der Waals surface area (Å²) in [6, 6.07) is 11.5. The molecule has 0 unspecified atom stereocenters. The minimum atomic E-state index is -0.446. The van der Waals surface area contributed by atoms with E-state index in [9.17, 15) is 14.9 Å². The highest BCUT2D eigenvalue weighted by atomic mass is 16.5. The number of hydrogen-bond donors (Lipinski definition) is 0. The van der Waals surface area contributed by atoms with Crippen molar-refractivity contribution in [2.45, 2.75) is 13.8 Å². The standard InChI is InChI=1S/C18H22N2O4/c1-3-23-17(21)13-20(14-18(22)24-4-2)12-16(11-19)10-15-8-6-5-7-9-15/h5-10H,3-4,12-14H2,1-2H3/b16-10+. The van der Waals surface area contributed by atoms with Crippen LogP contribution in [-0.2, 0) is 19.1 Å². The van der Waals surface area contributed by atoms with E-state index in [1.165, 1.54) is 4.90 Å². The van der Waals surface area contributed by atoms with Crippen molar-refractivity contribution in [3.05, 3.63) is 41.5 Å². The molecular formula is C18H22N2O4. The van der Waals surface area contributed by atoms with E-state index in [4.69, 9.17) is 9.47 Å². The van der Waals surface area contributed by atoms with Gasteiger partial charge in [-0.05, 0) is 25.5 Å². The Balaban J connectivity index is 2.84. The molecule has 1 aromatic rings. The molecule has 0 aliphatic carbocycles. The molecule has 0 saturated heterocycles. The van der Waals surface area contributed by atoms with Crippen molar-refractivity contribution >= 4 is 18.0 Å². The second-order valence-corrected chi connectivity index (χ2v) is 4.95. The second-order valence-electron chi connectivity index (χ2n) is 4.95. The molecule has 0 heterocycles. The third-order valence-corrected chi connectivity index (χ3v) is 2.99. The van der Waals surface area contributed by atoms with Crippen LogP contribution in [0.3, 0.4) is 0 Å². The van der Waals surface area contributed by atoms with E-state index in [0.717, 1.165) is 5.56 Å². The first-order chi connectivity index (χ1) is 11.6. The number of carbonyl (C=O) groups excluding carboxylic acids is 2. The van der Waals surface area contributed by atoms with Crippen LogP contribution in [0.5, 0.6) is 0 Å². The van der Waals surface area contributed by atoms with E-state index >= 15 is 0 Å². The van der Waals surface area contributed by atoms with Crippen LogP contribution in [0, 0.1) is 11.3 Å².